The van der Waals surface area contributed by atoms with Gasteiger partial charge in [0.15, 0.2) is 6.61 Å². The molecule has 1 aliphatic rings. The highest BCUT2D eigenvalue weighted by Gasteiger charge is 2.38. The van der Waals surface area contributed by atoms with Crippen LogP contribution in [0.2, 0.25) is 0 Å². The second kappa shape index (κ2) is 9.29. The third-order valence-electron chi connectivity index (χ3n) is 4.92. The molecule has 1 heterocycles. The summed E-state index contributed by atoms with van der Waals surface area (Å²) in [6.45, 7) is 8.65. The molecule has 0 radical (unpaired) electrons. The predicted molar refractivity (Wildman–Crippen MR) is 120 cm³/mol. The van der Waals surface area contributed by atoms with Gasteiger partial charge < -0.3 is 24.4 Å². The van der Waals surface area contributed by atoms with Crippen LogP contribution in [0.4, 0.5) is 11.4 Å². The first-order chi connectivity index (χ1) is 14.7. The number of hydrogen-bond acceptors (Lipinski definition) is 5. The van der Waals surface area contributed by atoms with E-state index >= 15 is 0 Å². The van der Waals surface area contributed by atoms with Crippen molar-refractivity contribution in [2.75, 3.05) is 37.1 Å². The zero-order valence-corrected chi connectivity index (χ0v) is 18.7. The number of carbonyl (C=O) groups excluding carboxylic acids is 2. The monoisotopic (exact) mass is 426 g/mol. The third kappa shape index (κ3) is 5.48. The van der Waals surface area contributed by atoms with Crippen molar-refractivity contribution in [2.24, 2.45) is 11.3 Å². The molecule has 7 nitrogen and oxygen atoms in total. The number of carbonyl (C=O) groups is 2. The smallest absolute Gasteiger partial charge is 0.262 e. The summed E-state index contributed by atoms with van der Waals surface area (Å²) in [6.07, 6.45) is 0. The Kier molecular flexibility index (Phi) is 6.73. The van der Waals surface area contributed by atoms with Gasteiger partial charge in [-0.2, -0.15) is 0 Å². The number of amides is 2. The summed E-state index contributed by atoms with van der Waals surface area (Å²) in [7, 11) is 1.59. The van der Waals surface area contributed by atoms with Gasteiger partial charge in [0.05, 0.1) is 18.2 Å². The van der Waals surface area contributed by atoms with E-state index in [-0.39, 0.29) is 25.0 Å². The SMILES string of the molecule is COc1ccc(OCC(=O)Nc2ccc3c(c2)OCC(C)(C)C(=O)N3CC(C)C)cc1. The molecule has 0 saturated carbocycles. The molecule has 1 N–H and O–H groups in total. The second-order valence-electron chi connectivity index (χ2n) is 8.68. The van der Waals surface area contributed by atoms with Crippen LogP contribution in [0.3, 0.4) is 0 Å². The van der Waals surface area contributed by atoms with Crippen molar-refractivity contribution >= 4 is 23.2 Å². The molecule has 0 fully saturated rings. The first-order valence-corrected chi connectivity index (χ1v) is 10.3. The molecular weight excluding hydrogens is 396 g/mol. The van der Waals surface area contributed by atoms with Crippen LogP contribution >= 0.6 is 0 Å². The van der Waals surface area contributed by atoms with Crippen molar-refractivity contribution in [3.8, 4) is 17.2 Å². The summed E-state index contributed by atoms with van der Waals surface area (Å²) in [5.74, 6) is 1.92. The largest absolute Gasteiger partial charge is 0.497 e. The highest BCUT2D eigenvalue weighted by atomic mass is 16.5. The van der Waals surface area contributed by atoms with Crippen molar-refractivity contribution in [3.63, 3.8) is 0 Å². The Balaban J connectivity index is 1.70. The Labute approximate surface area is 183 Å². The lowest BCUT2D eigenvalue weighted by Crippen LogP contribution is -2.43. The van der Waals surface area contributed by atoms with Crippen LogP contribution in [-0.2, 0) is 9.59 Å². The number of rotatable bonds is 7. The first-order valence-electron chi connectivity index (χ1n) is 10.3. The van der Waals surface area contributed by atoms with Crippen molar-refractivity contribution in [2.45, 2.75) is 27.7 Å². The number of hydrogen-bond donors (Lipinski definition) is 1. The lowest BCUT2D eigenvalue weighted by Gasteiger charge is -2.29. The number of nitrogens with zero attached hydrogens (tertiary/aromatic N) is 1. The van der Waals surface area contributed by atoms with Gasteiger partial charge >= 0.3 is 0 Å². The van der Waals surface area contributed by atoms with Gasteiger partial charge in [-0.15, -0.1) is 0 Å². The van der Waals surface area contributed by atoms with E-state index in [2.05, 4.69) is 19.2 Å². The summed E-state index contributed by atoms with van der Waals surface area (Å²) in [6, 6.07) is 12.4. The van der Waals surface area contributed by atoms with Gasteiger partial charge in [-0.05, 0) is 56.2 Å². The van der Waals surface area contributed by atoms with Gasteiger partial charge in [-0.25, -0.2) is 0 Å². The van der Waals surface area contributed by atoms with E-state index < -0.39 is 5.41 Å². The Morgan fingerprint density at radius 3 is 2.48 bits per heavy atom. The van der Waals surface area contributed by atoms with Gasteiger partial charge in [0.2, 0.25) is 5.91 Å². The zero-order chi connectivity index (χ0) is 22.6. The van der Waals surface area contributed by atoms with E-state index in [1.165, 1.54) is 0 Å². The average Bonchev–Trinajstić information content (AvgIpc) is 2.82. The minimum absolute atomic E-state index is 0.0321. The van der Waals surface area contributed by atoms with Gasteiger partial charge in [-0.1, -0.05) is 13.8 Å². The minimum Gasteiger partial charge on any atom is -0.497 e. The molecule has 0 unspecified atom stereocenters. The average molecular weight is 427 g/mol. The molecule has 1 aliphatic heterocycles. The molecule has 3 rings (SSSR count). The van der Waals surface area contributed by atoms with Gasteiger partial charge in [-0.3, -0.25) is 9.59 Å². The fraction of sp³-hybridized carbons (Fsp3) is 0.417. The van der Waals surface area contributed by atoms with Gasteiger partial charge in [0.25, 0.3) is 5.91 Å². The molecule has 0 aromatic heterocycles. The third-order valence-corrected chi connectivity index (χ3v) is 4.92. The highest BCUT2D eigenvalue weighted by Crippen LogP contribution is 2.38. The van der Waals surface area contributed by atoms with Crippen LogP contribution in [0.15, 0.2) is 42.5 Å². The molecule has 7 heteroatoms. The van der Waals surface area contributed by atoms with Crippen LogP contribution in [0.25, 0.3) is 0 Å². The van der Waals surface area contributed by atoms with Crippen molar-refractivity contribution in [1.29, 1.82) is 0 Å². The van der Waals surface area contributed by atoms with Crippen LogP contribution in [0, 0.1) is 11.3 Å². The van der Waals surface area contributed by atoms with E-state index in [1.807, 2.05) is 19.9 Å². The Morgan fingerprint density at radius 2 is 1.84 bits per heavy atom. The first kappa shape index (κ1) is 22.5. The van der Waals surface area contributed by atoms with Crippen molar-refractivity contribution in [1.82, 2.24) is 0 Å². The molecule has 0 saturated heterocycles. The van der Waals surface area contributed by atoms with E-state index in [9.17, 15) is 9.59 Å². The van der Waals surface area contributed by atoms with E-state index in [0.717, 1.165) is 11.4 Å². The van der Waals surface area contributed by atoms with Gasteiger partial charge in [0, 0.05) is 18.3 Å². The summed E-state index contributed by atoms with van der Waals surface area (Å²) < 4.78 is 16.6. The molecule has 2 amide bonds. The number of benzene rings is 2. The topological polar surface area (TPSA) is 77.1 Å². The molecule has 2 aromatic carbocycles. The number of fused-ring (bicyclic) bond motifs is 1. The summed E-state index contributed by atoms with van der Waals surface area (Å²) in [4.78, 5) is 27.2. The fourth-order valence-corrected chi connectivity index (χ4v) is 3.29. The quantitative estimate of drug-likeness (QED) is 0.721. The zero-order valence-electron chi connectivity index (χ0n) is 18.7. The summed E-state index contributed by atoms with van der Waals surface area (Å²) >= 11 is 0. The normalized spacial score (nSPS) is 15.0. The molecule has 0 spiro atoms. The Bertz CT molecular complexity index is 937. The molecular formula is C24H30N2O5. The second-order valence-corrected chi connectivity index (χ2v) is 8.68. The van der Waals surface area contributed by atoms with E-state index in [1.54, 1.807) is 48.4 Å². The van der Waals surface area contributed by atoms with E-state index in [4.69, 9.17) is 14.2 Å². The minimum atomic E-state index is -0.635. The molecule has 0 atom stereocenters. The van der Waals surface area contributed by atoms with Crippen molar-refractivity contribution < 1.29 is 23.8 Å². The van der Waals surface area contributed by atoms with Crippen LogP contribution < -0.4 is 24.4 Å². The molecule has 2 aromatic rings. The lowest BCUT2D eigenvalue weighted by atomic mass is 9.92. The number of anilines is 2. The molecule has 0 aliphatic carbocycles. The predicted octanol–water partition coefficient (Wildman–Crippen LogP) is 4.12. The molecule has 166 valence electrons. The van der Waals surface area contributed by atoms with Crippen LogP contribution in [0.5, 0.6) is 17.2 Å². The molecule has 31 heavy (non-hydrogen) atoms. The maximum atomic E-state index is 13.0. The number of nitrogens with one attached hydrogen (secondary N) is 1. The summed E-state index contributed by atoms with van der Waals surface area (Å²) in [5, 5.41) is 2.82. The van der Waals surface area contributed by atoms with Crippen LogP contribution in [-0.4, -0.2) is 38.7 Å². The summed E-state index contributed by atoms with van der Waals surface area (Å²) in [5.41, 5.74) is 0.666. The maximum Gasteiger partial charge on any atom is 0.262 e. The number of methoxy groups -OCH3 is 1. The lowest BCUT2D eigenvalue weighted by molar-refractivity contribution is -0.127. The highest BCUT2D eigenvalue weighted by molar-refractivity contribution is 6.00. The molecule has 0 bridgehead atoms. The van der Waals surface area contributed by atoms with Crippen molar-refractivity contribution in [3.05, 3.63) is 42.5 Å². The standard InChI is InChI=1S/C24H30N2O5/c1-16(2)13-26-20-11-6-17(12-21(20)31-15-24(3,4)23(26)28)25-22(27)14-30-19-9-7-18(29-5)8-10-19/h6-12,16H,13-15H2,1-5H3,(H,25,27). The Hall–Kier alpha value is -3.22. The Morgan fingerprint density at radius 1 is 1.16 bits per heavy atom. The van der Waals surface area contributed by atoms with Gasteiger partial charge in [0.1, 0.15) is 23.9 Å². The maximum absolute atomic E-state index is 13.0. The fourth-order valence-electron chi connectivity index (χ4n) is 3.29. The van der Waals surface area contributed by atoms with Crippen LogP contribution in [0.1, 0.15) is 27.7 Å². The number of ether oxygens (including phenoxy) is 3. The van der Waals surface area contributed by atoms with E-state index in [0.29, 0.717) is 29.6 Å².